The molecule has 0 radical (unpaired) electrons. The summed E-state index contributed by atoms with van der Waals surface area (Å²) in [6.07, 6.45) is -0.426. The number of benzene rings is 1. The first-order valence-corrected chi connectivity index (χ1v) is 7.88. The van der Waals surface area contributed by atoms with Crippen molar-refractivity contribution in [3.63, 3.8) is 0 Å². The summed E-state index contributed by atoms with van der Waals surface area (Å²) >= 11 is 1.70. The molecule has 4 heteroatoms. The fourth-order valence-electron chi connectivity index (χ4n) is 2.46. The maximum absolute atomic E-state index is 10.3. The highest BCUT2D eigenvalue weighted by Crippen LogP contribution is 2.24. The number of thiophene rings is 1. The molecular weight excluding hydrogens is 270 g/mol. The van der Waals surface area contributed by atoms with Gasteiger partial charge in [-0.15, -0.1) is 0 Å². The van der Waals surface area contributed by atoms with Crippen LogP contribution in [0.4, 0.5) is 0 Å². The van der Waals surface area contributed by atoms with E-state index in [2.05, 4.69) is 33.9 Å². The molecule has 0 unspecified atom stereocenters. The molecule has 1 atom stereocenters. The minimum atomic E-state index is -0.426. The number of rotatable bonds is 4. The molecule has 20 heavy (non-hydrogen) atoms. The Labute approximate surface area is 123 Å². The highest BCUT2D eigenvalue weighted by Gasteiger charge is 2.16. The lowest BCUT2D eigenvalue weighted by Gasteiger charge is -2.28. The van der Waals surface area contributed by atoms with E-state index in [9.17, 15) is 5.11 Å². The summed E-state index contributed by atoms with van der Waals surface area (Å²) in [4.78, 5) is 2.25. The monoisotopic (exact) mass is 289 g/mol. The van der Waals surface area contributed by atoms with Crippen LogP contribution in [0.3, 0.4) is 0 Å². The number of hydrogen-bond acceptors (Lipinski definition) is 4. The molecule has 2 heterocycles. The summed E-state index contributed by atoms with van der Waals surface area (Å²) in [5.74, 6) is 0. The molecule has 0 bridgehead atoms. The molecule has 0 aliphatic carbocycles. The maximum atomic E-state index is 10.3. The van der Waals surface area contributed by atoms with Crippen LogP contribution in [-0.2, 0) is 4.74 Å². The van der Waals surface area contributed by atoms with Gasteiger partial charge in [0.25, 0.3) is 0 Å². The van der Waals surface area contributed by atoms with Crippen LogP contribution in [0.5, 0.6) is 0 Å². The van der Waals surface area contributed by atoms with Crippen molar-refractivity contribution >= 4 is 11.3 Å². The van der Waals surface area contributed by atoms with Gasteiger partial charge >= 0.3 is 0 Å². The quantitative estimate of drug-likeness (QED) is 0.939. The molecule has 106 valence electrons. The molecule has 1 aliphatic heterocycles. The Morgan fingerprint density at radius 2 is 1.85 bits per heavy atom. The van der Waals surface area contributed by atoms with E-state index in [1.54, 1.807) is 11.3 Å². The molecule has 1 aromatic heterocycles. The zero-order valence-electron chi connectivity index (χ0n) is 11.4. The molecule has 2 aromatic rings. The first-order chi connectivity index (χ1) is 9.83. The number of nitrogens with zero attached hydrogens (tertiary/aromatic N) is 1. The normalized spacial score (nSPS) is 18.1. The number of hydrogen-bond donors (Lipinski definition) is 1. The van der Waals surface area contributed by atoms with Gasteiger partial charge in [-0.05, 0) is 33.5 Å². The number of morpholine rings is 1. The number of aliphatic hydroxyl groups is 1. The minimum Gasteiger partial charge on any atom is -0.387 e. The number of ether oxygens (including phenoxy) is 1. The SMILES string of the molecule is O[C@H](CN1CCOCC1)c1ccc(-c2ccsc2)cc1. The molecule has 0 amide bonds. The van der Waals surface area contributed by atoms with E-state index in [1.165, 1.54) is 11.1 Å². The van der Waals surface area contributed by atoms with Crippen molar-refractivity contribution in [3.05, 3.63) is 46.7 Å². The van der Waals surface area contributed by atoms with E-state index in [1.807, 2.05) is 12.1 Å². The molecule has 1 fully saturated rings. The summed E-state index contributed by atoms with van der Waals surface area (Å²) in [7, 11) is 0. The third-order valence-corrected chi connectivity index (χ3v) is 4.37. The largest absolute Gasteiger partial charge is 0.387 e. The van der Waals surface area contributed by atoms with E-state index in [-0.39, 0.29) is 0 Å². The van der Waals surface area contributed by atoms with Crippen LogP contribution < -0.4 is 0 Å². The van der Waals surface area contributed by atoms with Crippen LogP contribution in [0.1, 0.15) is 11.7 Å². The third kappa shape index (κ3) is 3.27. The molecule has 3 rings (SSSR count). The van der Waals surface area contributed by atoms with E-state index in [0.717, 1.165) is 31.9 Å². The van der Waals surface area contributed by atoms with Crippen molar-refractivity contribution in [2.24, 2.45) is 0 Å². The molecule has 0 saturated carbocycles. The van der Waals surface area contributed by atoms with Gasteiger partial charge in [0.15, 0.2) is 0 Å². The highest BCUT2D eigenvalue weighted by molar-refractivity contribution is 7.08. The molecule has 1 saturated heterocycles. The fourth-order valence-corrected chi connectivity index (χ4v) is 3.13. The first kappa shape index (κ1) is 13.8. The Balaban J connectivity index is 1.64. The summed E-state index contributed by atoms with van der Waals surface area (Å²) in [6.45, 7) is 4.03. The van der Waals surface area contributed by atoms with Gasteiger partial charge in [0, 0.05) is 19.6 Å². The first-order valence-electron chi connectivity index (χ1n) is 6.93. The van der Waals surface area contributed by atoms with Gasteiger partial charge in [-0.25, -0.2) is 0 Å². The zero-order chi connectivity index (χ0) is 13.8. The summed E-state index contributed by atoms with van der Waals surface area (Å²) in [5, 5.41) is 14.5. The Morgan fingerprint density at radius 3 is 2.50 bits per heavy atom. The van der Waals surface area contributed by atoms with E-state index < -0.39 is 6.10 Å². The van der Waals surface area contributed by atoms with Crippen molar-refractivity contribution in [2.45, 2.75) is 6.10 Å². The van der Waals surface area contributed by atoms with Crippen LogP contribution in [0.15, 0.2) is 41.1 Å². The molecule has 0 spiro atoms. The average molecular weight is 289 g/mol. The van der Waals surface area contributed by atoms with Gasteiger partial charge < -0.3 is 9.84 Å². The smallest absolute Gasteiger partial charge is 0.0916 e. The Kier molecular flexibility index (Phi) is 4.47. The number of aliphatic hydroxyl groups excluding tert-OH is 1. The molecule has 1 aromatic carbocycles. The minimum absolute atomic E-state index is 0.426. The van der Waals surface area contributed by atoms with Crippen molar-refractivity contribution in [2.75, 3.05) is 32.8 Å². The molecule has 3 nitrogen and oxygen atoms in total. The standard InChI is InChI=1S/C16H19NO2S/c18-16(11-17-6-8-19-9-7-17)14-3-1-13(2-4-14)15-5-10-20-12-15/h1-5,10,12,16,18H,6-9,11H2/t16-/m1/s1. The summed E-state index contributed by atoms with van der Waals surface area (Å²) in [5.41, 5.74) is 3.42. The van der Waals surface area contributed by atoms with Gasteiger partial charge in [-0.2, -0.15) is 11.3 Å². The van der Waals surface area contributed by atoms with Crippen molar-refractivity contribution in [1.29, 1.82) is 0 Å². The van der Waals surface area contributed by atoms with Crippen molar-refractivity contribution < 1.29 is 9.84 Å². The van der Waals surface area contributed by atoms with Crippen LogP contribution in [0, 0.1) is 0 Å². The van der Waals surface area contributed by atoms with Gasteiger partial charge in [-0.3, -0.25) is 4.90 Å². The predicted molar refractivity (Wildman–Crippen MR) is 82.0 cm³/mol. The van der Waals surface area contributed by atoms with Gasteiger partial charge in [0.1, 0.15) is 0 Å². The van der Waals surface area contributed by atoms with Crippen LogP contribution in [0.25, 0.3) is 11.1 Å². The molecule has 1 aliphatic rings. The summed E-state index contributed by atoms with van der Waals surface area (Å²) in [6, 6.07) is 10.3. The topological polar surface area (TPSA) is 32.7 Å². The molecular formula is C16H19NO2S. The maximum Gasteiger partial charge on any atom is 0.0916 e. The average Bonchev–Trinajstić information content (AvgIpc) is 3.03. The van der Waals surface area contributed by atoms with Gasteiger partial charge in [0.2, 0.25) is 0 Å². The van der Waals surface area contributed by atoms with E-state index in [4.69, 9.17) is 4.74 Å². The van der Waals surface area contributed by atoms with Crippen LogP contribution in [0.2, 0.25) is 0 Å². The lowest BCUT2D eigenvalue weighted by molar-refractivity contribution is 0.0143. The second-order valence-corrected chi connectivity index (χ2v) is 5.84. The van der Waals surface area contributed by atoms with Gasteiger partial charge in [-0.1, -0.05) is 24.3 Å². The lowest BCUT2D eigenvalue weighted by atomic mass is 10.0. The highest BCUT2D eigenvalue weighted by atomic mass is 32.1. The zero-order valence-corrected chi connectivity index (χ0v) is 12.2. The number of β-amino-alcohol motifs (C(OH)–C–C–N with tert-alkyl or cyclic N) is 1. The third-order valence-electron chi connectivity index (χ3n) is 3.68. The van der Waals surface area contributed by atoms with E-state index >= 15 is 0 Å². The second kappa shape index (κ2) is 6.50. The fraction of sp³-hybridized carbons (Fsp3) is 0.375. The predicted octanol–water partition coefficient (Wildman–Crippen LogP) is 2.78. The Bertz CT molecular complexity index is 518. The van der Waals surface area contributed by atoms with Gasteiger partial charge in [0.05, 0.1) is 19.3 Å². The molecule has 1 N–H and O–H groups in total. The lowest BCUT2D eigenvalue weighted by Crippen LogP contribution is -2.38. The second-order valence-electron chi connectivity index (χ2n) is 5.06. The Morgan fingerprint density at radius 1 is 1.10 bits per heavy atom. The van der Waals surface area contributed by atoms with Crippen LogP contribution >= 0.6 is 11.3 Å². The van der Waals surface area contributed by atoms with E-state index in [0.29, 0.717) is 6.54 Å². The van der Waals surface area contributed by atoms with Crippen molar-refractivity contribution in [3.8, 4) is 11.1 Å². The Hall–Kier alpha value is -1.20. The van der Waals surface area contributed by atoms with Crippen molar-refractivity contribution in [1.82, 2.24) is 4.90 Å². The van der Waals surface area contributed by atoms with Crippen LogP contribution in [-0.4, -0.2) is 42.9 Å². The summed E-state index contributed by atoms with van der Waals surface area (Å²) < 4.78 is 5.32.